The maximum atomic E-state index is 14.4. The zero-order valence-electron chi connectivity index (χ0n) is 14.8. The number of unbranched alkanes of at least 4 members (excludes halogenated alkanes) is 2. The summed E-state index contributed by atoms with van der Waals surface area (Å²) in [5.74, 6) is -1.44. The number of nitrogens with zero attached hydrogens (tertiary/aromatic N) is 1. The Hall–Kier alpha value is -2.21. The first-order valence-corrected chi connectivity index (χ1v) is 9.00. The van der Waals surface area contributed by atoms with Crippen LogP contribution in [0.5, 0.6) is 11.6 Å². The monoisotopic (exact) mass is 363 g/mol. The predicted molar refractivity (Wildman–Crippen MR) is 94.5 cm³/mol. The number of ether oxygens (including phenoxy) is 3. The van der Waals surface area contributed by atoms with Crippen molar-refractivity contribution in [1.29, 1.82) is 0 Å². The SMILES string of the molecule is CCCCCOc1c(F)cc(-c2cccnc2OC2CCOC2)cc1F. The second-order valence-electron chi connectivity index (χ2n) is 6.28. The fourth-order valence-electron chi connectivity index (χ4n) is 2.85. The fraction of sp³-hybridized carbons (Fsp3) is 0.450. The van der Waals surface area contributed by atoms with Crippen molar-refractivity contribution >= 4 is 0 Å². The fourth-order valence-corrected chi connectivity index (χ4v) is 2.85. The molecule has 1 fully saturated rings. The van der Waals surface area contributed by atoms with Crippen LogP contribution in [0.1, 0.15) is 32.6 Å². The van der Waals surface area contributed by atoms with Crippen LogP contribution in [0.25, 0.3) is 11.1 Å². The van der Waals surface area contributed by atoms with E-state index < -0.39 is 11.6 Å². The molecule has 140 valence electrons. The van der Waals surface area contributed by atoms with Gasteiger partial charge >= 0.3 is 0 Å². The number of aromatic nitrogens is 1. The molecule has 4 nitrogen and oxygen atoms in total. The molecule has 1 aromatic heterocycles. The van der Waals surface area contributed by atoms with Crippen molar-refractivity contribution in [1.82, 2.24) is 4.98 Å². The van der Waals surface area contributed by atoms with Crippen molar-refractivity contribution < 1.29 is 23.0 Å². The van der Waals surface area contributed by atoms with E-state index >= 15 is 0 Å². The number of halogens is 2. The molecule has 2 aromatic rings. The van der Waals surface area contributed by atoms with E-state index in [0.29, 0.717) is 36.8 Å². The number of benzene rings is 1. The van der Waals surface area contributed by atoms with Gasteiger partial charge in [0.25, 0.3) is 0 Å². The van der Waals surface area contributed by atoms with Crippen LogP contribution in [0, 0.1) is 11.6 Å². The van der Waals surface area contributed by atoms with Crippen LogP contribution in [0.2, 0.25) is 0 Å². The topological polar surface area (TPSA) is 40.6 Å². The molecular weight excluding hydrogens is 340 g/mol. The number of rotatable bonds is 8. The van der Waals surface area contributed by atoms with Gasteiger partial charge in [-0.15, -0.1) is 0 Å². The van der Waals surface area contributed by atoms with Gasteiger partial charge in [0, 0.05) is 18.2 Å². The molecule has 1 aliphatic heterocycles. The molecule has 0 saturated carbocycles. The first-order chi connectivity index (χ1) is 12.7. The second-order valence-corrected chi connectivity index (χ2v) is 6.28. The van der Waals surface area contributed by atoms with Gasteiger partial charge in [0.2, 0.25) is 5.88 Å². The highest BCUT2D eigenvalue weighted by atomic mass is 19.1. The lowest BCUT2D eigenvalue weighted by molar-refractivity contribution is 0.138. The largest absolute Gasteiger partial charge is 0.488 e. The standard InChI is InChI=1S/C20H23F2NO3/c1-2-3-4-9-25-19-17(21)11-14(12-18(19)22)16-6-5-8-23-20(16)26-15-7-10-24-13-15/h5-6,8,11-12,15H,2-4,7,9-10,13H2,1H3. The van der Waals surface area contributed by atoms with Crippen molar-refractivity contribution in [3.8, 4) is 22.8 Å². The van der Waals surface area contributed by atoms with Gasteiger partial charge in [-0.3, -0.25) is 0 Å². The van der Waals surface area contributed by atoms with E-state index in [-0.39, 0.29) is 11.9 Å². The van der Waals surface area contributed by atoms with Crippen LogP contribution in [-0.4, -0.2) is 30.9 Å². The summed E-state index contributed by atoms with van der Waals surface area (Å²) in [7, 11) is 0. The van der Waals surface area contributed by atoms with Gasteiger partial charge < -0.3 is 14.2 Å². The third kappa shape index (κ3) is 4.49. The van der Waals surface area contributed by atoms with Gasteiger partial charge in [-0.1, -0.05) is 19.8 Å². The van der Waals surface area contributed by atoms with Crippen molar-refractivity contribution in [2.45, 2.75) is 38.7 Å². The van der Waals surface area contributed by atoms with Gasteiger partial charge in [-0.2, -0.15) is 0 Å². The molecule has 0 aliphatic carbocycles. The third-order valence-electron chi connectivity index (χ3n) is 4.24. The predicted octanol–water partition coefficient (Wildman–Crippen LogP) is 4.76. The van der Waals surface area contributed by atoms with E-state index in [1.807, 2.05) is 0 Å². The van der Waals surface area contributed by atoms with Crippen molar-refractivity contribution in [3.05, 3.63) is 42.1 Å². The summed E-state index contributed by atoms with van der Waals surface area (Å²) < 4.78 is 45.2. The Kier molecular flexibility index (Phi) is 6.39. The van der Waals surface area contributed by atoms with E-state index in [9.17, 15) is 8.78 Å². The molecule has 1 atom stereocenters. The maximum absolute atomic E-state index is 14.4. The van der Waals surface area contributed by atoms with Gasteiger partial charge in [-0.25, -0.2) is 13.8 Å². The van der Waals surface area contributed by atoms with Crippen LogP contribution in [-0.2, 0) is 4.74 Å². The van der Waals surface area contributed by atoms with Crippen LogP contribution in [0.15, 0.2) is 30.5 Å². The summed E-state index contributed by atoms with van der Waals surface area (Å²) in [6, 6.07) is 5.95. The van der Waals surface area contributed by atoms with E-state index in [1.54, 1.807) is 18.3 Å². The van der Waals surface area contributed by atoms with E-state index in [0.717, 1.165) is 25.7 Å². The molecule has 0 N–H and O–H groups in total. The Morgan fingerprint density at radius 2 is 2.04 bits per heavy atom. The molecule has 1 unspecified atom stereocenters. The van der Waals surface area contributed by atoms with E-state index in [2.05, 4.69) is 11.9 Å². The molecule has 3 rings (SSSR count). The first-order valence-electron chi connectivity index (χ1n) is 9.00. The minimum Gasteiger partial charge on any atom is -0.488 e. The molecule has 2 heterocycles. The average Bonchev–Trinajstić information content (AvgIpc) is 3.14. The maximum Gasteiger partial charge on any atom is 0.221 e. The summed E-state index contributed by atoms with van der Waals surface area (Å²) in [5, 5.41) is 0. The van der Waals surface area contributed by atoms with Crippen LogP contribution in [0.4, 0.5) is 8.78 Å². The molecule has 0 spiro atoms. The molecule has 26 heavy (non-hydrogen) atoms. The zero-order chi connectivity index (χ0) is 18.4. The minimum absolute atomic E-state index is 0.0977. The van der Waals surface area contributed by atoms with Crippen LogP contribution >= 0.6 is 0 Å². The molecule has 0 bridgehead atoms. The summed E-state index contributed by atoms with van der Waals surface area (Å²) in [4.78, 5) is 4.22. The Bertz CT molecular complexity index is 710. The second kappa shape index (κ2) is 8.94. The lowest BCUT2D eigenvalue weighted by atomic mass is 10.1. The Morgan fingerprint density at radius 3 is 2.73 bits per heavy atom. The molecule has 0 amide bonds. The van der Waals surface area contributed by atoms with Crippen molar-refractivity contribution in [3.63, 3.8) is 0 Å². The number of hydrogen-bond donors (Lipinski definition) is 0. The minimum atomic E-state index is -0.726. The summed E-state index contributed by atoms with van der Waals surface area (Å²) in [5.41, 5.74) is 0.901. The van der Waals surface area contributed by atoms with Gasteiger partial charge in [-0.05, 0) is 36.2 Å². The first kappa shape index (κ1) is 18.6. The Morgan fingerprint density at radius 1 is 1.23 bits per heavy atom. The average molecular weight is 363 g/mol. The zero-order valence-corrected chi connectivity index (χ0v) is 14.8. The normalized spacial score (nSPS) is 16.7. The third-order valence-corrected chi connectivity index (χ3v) is 4.24. The van der Waals surface area contributed by atoms with Gasteiger partial charge in [0.1, 0.15) is 6.10 Å². The molecule has 6 heteroatoms. The quantitative estimate of drug-likeness (QED) is 0.634. The molecule has 0 radical (unpaired) electrons. The van der Waals surface area contributed by atoms with E-state index in [1.165, 1.54) is 12.1 Å². The van der Waals surface area contributed by atoms with Crippen molar-refractivity contribution in [2.75, 3.05) is 19.8 Å². The van der Waals surface area contributed by atoms with Gasteiger partial charge in [0.15, 0.2) is 17.4 Å². The highest BCUT2D eigenvalue weighted by Crippen LogP contribution is 2.34. The molecule has 1 aromatic carbocycles. The number of hydrogen-bond acceptors (Lipinski definition) is 4. The summed E-state index contributed by atoms with van der Waals surface area (Å²) >= 11 is 0. The molecule has 1 saturated heterocycles. The Balaban J connectivity index is 1.81. The Labute approximate surface area is 152 Å². The lowest BCUT2D eigenvalue weighted by Crippen LogP contribution is -2.16. The van der Waals surface area contributed by atoms with Crippen LogP contribution < -0.4 is 9.47 Å². The summed E-state index contributed by atoms with van der Waals surface area (Å²) in [6.07, 6.45) is 5.00. The van der Waals surface area contributed by atoms with Crippen LogP contribution in [0.3, 0.4) is 0 Å². The molecule has 1 aliphatic rings. The van der Waals surface area contributed by atoms with E-state index in [4.69, 9.17) is 14.2 Å². The van der Waals surface area contributed by atoms with Gasteiger partial charge in [0.05, 0.1) is 19.8 Å². The lowest BCUT2D eigenvalue weighted by Gasteiger charge is -2.15. The van der Waals surface area contributed by atoms with Crippen molar-refractivity contribution in [2.24, 2.45) is 0 Å². The highest BCUT2D eigenvalue weighted by molar-refractivity contribution is 5.69. The summed E-state index contributed by atoms with van der Waals surface area (Å²) in [6.45, 7) is 3.48. The highest BCUT2D eigenvalue weighted by Gasteiger charge is 2.21. The number of pyridine rings is 1. The molecular formula is C20H23F2NO3. The smallest absolute Gasteiger partial charge is 0.221 e.